The van der Waals surface area contributed by atoms with Crippen LogP contribution in [0.5, 0.6) is 23.0 Å². The number of phenolic OH excluding ortho intramolecular Hbond substituents is 1. The molecule has 0 bridgehead atoms. The number of aliphatic hydroxyl groups is 1. The van der Waals surface area contributed by atoms with Crippen LogP contribution in [0.2, 0.25) is 0 Å². The summed E-state index contributed by atoms with van der Waals surface area (Å²) >= 11 is 0. The number of hydrogen-bond donors (Lipinski definition) is 2. The molecular formula is C25H25NO8. The van der Waals surface area contributed by atoms with Gasteiger partial charge in [-0.05, 0) is 48.7 Å². The van der Waals surface area contributed by atoms with Crippen molar-refractivity contribution in [1.29, 1.82) is 0 Å². The van der Waals surface area contributed by atoms with Crippen LogP contribution in [0.3, 0.4) is 0 Å². The minimum atomic E-state index is -0.908. The maximum absolute atomic E-state index is 13.2. The van der Waals surface area contributed by atoms with Crippen LogP contribution in [0.25, 0.3) is 5.76 Å². The van der Waals surface area contributed by atoms with E-state index in [4.69, 9.17) is 18.9 Å². The number of amides is 1. The molecule has 3 aliphatic rings. The van der Waals surface area contributed by atoms with E-state index < -0.39 is 17.7 Å². The highest BCUT2D eigenvalue weighted by atomic mass is 16.6. The van der Waals surface area contributed by atoms with Crippen molar-refractivity contribution in [3.63, 3.8) is 0 Å². The summed E-state index contributed by atoms with van der Waals surface area (Å²) in [6, 6.07) is 8.60. The number of methoxy groups -OCH3 is 1. The van der Waals surface area contributed by atoms with Crippen molar-refractivity contribution < 1.29 is 38.7 Å². The van der Waals surface area contributed by atoms with Gasteiger partial charge < -0.3 is 34.1 Å². The van der Waals surface area contributed by atoms with Crippen molar-refractivity contribution in [1.82, 2.24) is 4.90 Å². The van der Waals surface area contributed by atoms with Crippen LogP contribution in [-0.2, 0) is 14.3 Å². The van der Waals surface area contributed by atoms with Crippen molar-refractivity contribution in [3.05, 3.63) is 53.1 Å². The van der Waals surface area contributed by atoms with Crippen LogP contribution in [-0.4, -0.2) is 66.4 Å². The van der Waals surface area contributed by atoms with Crippen molar-refractivity contribution in [2.24, 2.45) is 0 Å². The normalized spacial score (nSPS) is 23.4. The molecule has 34 heavy (non-hydrogen) atoms. The molecule has 0 spiro atoms. The lowest BCUT2D eigenvalue weighted by molar-refractivity contribution is -0.140. The van der Waals surface area contributed by atoms with Crippen molar-refractivity contribution in [2.45, 2.75) is 25.0 Å². The molecule has 2 unspecified atom stereocenters. The molecule has 3 aliphatic heterocycles. The lowest BCUT2D eigenvalue weighted by atomic mass is 9.94. The summed E-state index contributed by atoms with van der Waals surface area (Å²) < 4.78 is 22.0. The molecule has 2 aromatic rings. The summed E-state index contributed by atoms with van der Waals surface area (Å²) in [4.78, 5) is 27.7. The van der Waals surface area contributed by atoms with E-state index in [-0.39, 0.29) is 35.5 Å². The molecule has 9 heteroatoms. The largest absolute Gasteiger partial charge is 0.507 e. The van der Waals surface area contributed by atoms with Gasteiger partial charge in [-0.3, -0.25) is 9.59 Å². The minimum Gasteiger partial charge on any atom is -0.507 e. The molecule has 9 nitrogen and oxygen atoms in total. The number of rotatable bonds is 5. The van der Waals surface area contributed by atoms with Gasteiger partial charge in [0.05, 0.1) is 24.8 Å². The number of hydrogen-bond acceptors (Lipinski definition) is 8. The third-order valence-electron chi connectivity index (χ3n) is 6.30. The third-order valence-corrected chi connectivity index (χ3v) is 6.30. The quantitative estimate of drug-likeness (QED) is 0.392. The Hall–Kier alpha value is -3.72. The summed E-state index contributed by atoms with van der Waals surface area (Å²) in [6.45, 7) is 1.58. The summed E-state index contributed by atoms with van der Waals surface area (Å²) in [6.07, 6.45) is 1.44. The molecule has 0 aliphatic carbocycles. The Bertz CT molecular complexity index is 1170. The highest BCUT2D eigenvalue weighted by Gasteiger charge is 2.47. The molecule has 2 atom stereocenters. The Labute approximate surface area is 196 Å². The van der Waals surface area contributed by atoms with Gasteiger partial charge in [-0.2, -0.15) is 0 Å². The Balaban J connectivity index is 1.61. The first-order valence-corrected chi connectivity index (χ1v) is 11.1. The number of ketones is 1. The second-order valence-corrected chi connectivity index (χ2v) is 8.38. The van der Waals surface area contributed by atoms with Gasteiger partial charge in [0.1, 0.15) is 19.0 Å². The van der Waals surface area contributed by atoms with Gasteiger partial charge in [-0.15, -0.1) is 0 Å². The number of phenols is 1. The number of aromatic hydroxyl groups is 1. The molecule has 2 aromatic carbocycles. The fourth-order valence-corrected chi connectivity index (χ4v) is 4.65. The second-order valence-electron chi connectivity index (χ2n) is 8.38. The highest BCUT2D eigenvalue weighted by molar-refractivity contribution is 6.46. The van der Waals surface area contributed by atoms with Gasteiger partial charge in [-0.1, -0.05) is 6.07 Å². The first-order valence-electron chi connectivity index (χ1n) is 11.1. The van der Waals surface area contributed by atoms with E-state index in [1.54, 1.807) is 30.3 Å². The fraction of sp³-hybridized carbons (Fsp3) is 0.360. The van der Waals surface area contributed by atoms with Gasteiger partial charge in [0.15, 0.2) is 23.0 Å². The lowest BCUT2D eigenvalue weighted by Gasteiger charge is -2.27. The lowest BCUT2D eigenvalue weighted by Crippen LogP contribution is -2.36. The number of nitrogens with zero attached hydrogens (tertiary/aromatic N) is 1. The molecule has 1 amide bonds. The molecule has 0 aromatic heterocycles. The van der Waals surface area contributed by atoms with Crippen LogP contribution in [0, 0.1) is 0 Å². The molecule has 3 heterocycles. The van der Waals surface area contributed by atoms with Crippen molar-refractivity contribution in [3.8, 4) is 23.0 Å². The van der Waals surface area contributed by atoms with E-state index in [1.165, 1.54) is 18.1 Å². The summed E-state index contributed by atoms with van der Waals surface area (Å²) in [5, 5.41) is 21.6. The van der Waals surface area contributed by atoms with Gasteiger partial charge in [0, 0.05) is 18.7 Å². The number of Topliss-reactive ketones (excluding diaryl/α,β-unsaturated/α-hetero) is 1. The third kappa shape index (κ3) is 3.81. The number of benzene rings is 2. The van der Waals surface area contributed by atoms with Crippen LogP contribution in [0.1, 0.15) is 30.0 Å². The van der Waals surface area contributed by atoms with E-state index >= 15 is 0 Å². The molecule has 2 N–H and O–H groups in total. The highest BCUT2D eigenvalue weighted by Crippen LogP contribution is 2.43. The number of ether oxygens (including phenoxy) is 4. The zero-order valence-corrected chi connectivity index (χ0v) is 18.7. The predicted molar refractivity (Wildman–Crippen MR) is 120 cm³/mol. The number of carbonyl (C=O) groups is 2. The van der Waals surface area contributed by atoms with Crippen molar-refractivity contribution in [2.75, 3.05) is 33.5 Å². The average Bonchev–Trinajstić information content (AvgIpc) is 3.45. The summed E-state index contributed by atoms with van der Waals surface area (Å²) in [5.41, 5.74) is 0.723. The smallest absolute Gasteiger partial charge is 0.295 e. The SMILES string of the molecule is COc1ccc(C2/C(=C(/O)c3ccc4c(c3)OCCO4)C(=O)C(=O)N2CC2CCCO2)cc1O. The monoisotopic (exact) mass is 467 g/mol. The fourth-order valence-electron chi connectivity index (χ4n) is 4.65. The van der Waals surface area contributed by atoms with Crippen LogP contribution in [0.15, 0.2) is 42.0 Å². The van der Waals surface area contributed by atoms with Crippen LogP contribution < -0.4 is 14.2 Å². The zero-order valence-electron chi connectivity index (χ0n) is 18.7. The Morgan fingerprint density at radius 1 is 1.09 bits per heavy atom. The van der Waals surface area contributed by atoms with E-state index in [0.29, 0.717) is 42.4 Å². The summed E-state index contributed by atoms with van der Waals surface area (Å²) in [5.74, 6) is -0.749. The molecule has 2 saturated heterocycles. The molecule has 0 saturated carbocycles. The average molecular weight is 467 g/mol. The maximum Gasteiger partial charge on any atom is 0.295 e. The topological polar surface area (TPSA) is 115 Å². The maximum atomic E-state index is 13.2. The van der Waals surface area contributed by atoms with Gasteiger partial charge in [-0.25, -0.2) is 0 Å². The molecule has 178 valence electrons. The number of likely N-dealkylation sites (tertiary alicyclic amines) is 1. The van der Waals surface area contributed by atoms with Crippen LogP contribution in [0.4, 0.5) is 0 Å². The Morgan fingerprint density at radius 2 is 1.88 bits per heavy atom. The van der Waals surface area contributed by atoms with E-state index in [2.05, 4.69) is 0 Å². The Kier molecular flexibility index (Phi) is 5.79. The van der Waals surface area contributed by atoms with Crippen molar-refractivity contribution >= 4 is 17.4 Å². The minimum absolute atomic E-state index is 0.0655. The number of aliphatic hydroxyl groups excluding tert-OH is 1. The second kappa shape index (κ2) is 8.90. The zero-order chi connectivity index (χ0) is 23.8. The number of fused-ring (bicyclic) bond motifs is 1. The van der Waals surface area contributed by atoms with E-state index in [1.807, 2.05) is 0 Å². The Morgan fingerprint density at radius 3 is 2.59 bits per heavy atom. The predicted octanol–water partition coefficient (Wildman–Crippen LogP) is 2.77. The number of carbonyl (C=O) groups excluding carboxylic acids is 2. The van der Waals surface area contributed by atoms with Gasteiger partial charge in [0.2, 0.25) is 0 Å². The molecular weight excluding hydrogens is 442 g/mol. The van der Waals surface area contributed by atoms with E-state index in [9.17, 15) is 19.8 Å². The first kappa shape index (κ1) is 22.1. The summed E-state index contributed by atoms with van der Waals surface area (Å²) in [7, 11) is 1.43. The van der Waals surface area contributed by atoms with Gasteiger partial charge >= 0.3 is 0 Å². The van der Waals surface area contributed by atoms with E-state index in [0.717, 1.165) is 12.8 Å². The molecule has 2 fully saturated rings. The molecule has 5 rings (SSSR count). The first-order chi connectivity index (χ1) is 16.5. The standard InChI is InChI=1S/C25H25NO8/c1-31-18-6-4-14(11-17(18)27)22-21(24(29)25(30)26(22)13-16-3-2-8-32-16)23(28)15-5-7-19-20(12-15)34-10-9-33-19/h4-7,11-12,16,22,27-28H,2-3,8-10,13H2,1H3/b23-21-. The van der Waals surface area contributed by atoms with Crippen LogP contribution >= 0.6 is 0 Å². The van der Waals surface area contributed by atoms with Gasteiger partial charge in [0.25, 0.3) is 11.7 Å². The molecule has 0 radical (unpaired) electrons.